The van der Waals surface area contributed by atoms with E-state index >= 15 is 0 Å². The molecule has 1 fully saturated rings. The zero-order valence-electron chi connectivity index (χ0n) is 9.50. The van der Waals surface area contributed by atoms with E-state index in [1.54, 1.807) is 13.0 Å². The number of cyclic esters (lactones) is 1. The van der Waals surface area contributed by atoms with Gasteiger partial charge in [0, 0.05) is 0 Å². The van der Waals surface area contributed by atoms with Crippen LogP contribution in [-0.4, -0.2) is 23.5 Å². The van der Waals surface area contributed by atoms with Gasteiger partial charge >= 0.3 is 6.09 Å². The quantitative estimate of drug-likeness (QED) is 0.733. The van der Waals surface area contributed by atoms with Gasteiger partial charge < -0.3 is 4.74 Å². The standard InChI is InChI=1S/C13H13NO3/c1-2-6-12(15)14-11(9-17-13(14)16)10-7-4-3-5-8-10/h2-8,11H,9H2,1H3/b6-2-. The molecule has 2 rings (SSSR count). The molecule has 0 bridgehead atoms. The Balaban J connectivity index is 2.28. The third-order valence-electron chi connectivity index (χ3n) is 2.60. The molecule has 1 aromatic rings. The van der Waals surface area contributed by atoms with Crippen LogP contribution < -0.4 is 0 Å². The van der Waals surface area contributed by atoms with Crippen molar-refractivity contribution >= 4 is 12.0 Å². The van der Waals surface area contributed by atoms with Crippen LogP contribution in [0.3, 0.4) is 0 Å². The van der Waals surface area contributed by atoms with Gasteiger partial charge in [-0.1, -0.05) is 36.4 Å². The highest BCUT2D eigenvalue weighted by atomic mass is 16.6. The molecule has 0 spiro atoms. The van der Waals surface area contributed by atoms with Crippen LogP contribution in [0.2, 0.25) is 0 Å². The number of hydrogen-bond acceptors (Lipinski definition) is 3. The normalized spacial score (nSPS) is 19.7. The highest BCUT2D eigenvalue weighted by Gasteiger charge is 2.37. The number of nitrogens with zero attached hydrogens (tertiary/aromatic N) is 1. The molecule has 1 saturated heterocycles. The molecule has 0 aliphatic carbocycles. The molecule has 1 aliphatic rings. The molecular weight excluding hydrogens is 218 g/mol. The lowest BCUT2D eigenvalue weighted by Crippen LogP contribution is -2.32. The third-order valence-corrected chi connectivity index (χ3v) is 2.60. The third kappa shape index (κ3) is 2.20. The fourth-order valence-corrected chi connectivity index (χ4v) is 1.81. The van der Waals surface area contributed by atoms with Crippen LogP contribution >= 0.6 is 0 Å². The first-order valence-electron chi connectivity index (χ1n) is 5.41. The van der Waals surface area contributed by atoms with Gasteiger partial charge in [0.25, 0.3) is 5.91 Å². The molecule has 2 amide bonds. The Kier molecular flexibility index (Phi) is 3.23. The summed E-state index contributed by atoms with van der Waals surface area (Å²) in [6, 6.07) is 9.06. The first-order chi connectivity index (χ1) is 8.24. The van der Waals surface area contributed by atoms with Crippen molar-refractivity contribution in [1.29, 1.82) is 0 Å². The smallest absolute Gasteiger partial charge is 0.417 e. The minimum Gasteiger partial charge on any atom is -0.446 e. The lowest BCUT2D eigenvalue weighted by Gasteiger charge is -2.18. The Morgan fingerprint density at radius 2 is 2.12 bits per heavy atom. The van der Waals surface area contributed by atoms with E-state index < -0.39 is 6.09 Å². The summed E-state index contributed by atoms with van der Waals surface area (Å²) in [5.74, 6) is -0.344. The van der Waals surface area contributed by atoms with E-state index in [9.17, 15) is 9.59 Å². The van der Waals surface area contributed by atoms with Gasteiger partial charge in [-0.05, 0) is 18.6 Å². The average molecular weight is 231 g/mol. The molecule has 1 atom stereocenters. The van der Waals surface area contributed by atoms with E-state index in [0.717, 1.165) is 10.5 Å². The Morgan fingerprint density at radius 1 is 1.41 bits per heavy atom. The molecule has 1 aliphatic heterocycles. The van der Waals surface area contributed by atoms with E-state index in [-0.39, 0.29) is 18.6 Å². The van der Waals surface area contributed by atoms with Gasteiger partial charge in [0.15, 0.2) is 0 Å². The Labute approximate surface area is 99.5 Å². The van der Waals surface area contributed by atoms with Crippen LogP contribution in [-0.2, 0) is 9.53 Å². The maximum atomic E-state index is 11.8. The van der Waals surface area contributed by atoms with E-state index in [1.807, 2.05) is 30.3 Å². The number of rotatable bonds is 2. The Hall–Kier alpha value is -2.10. The van der Waals surface area contributed by atoms with E-state index in [2.05, 4.69) is 0 Å². The van der Waals surface area contributed by atoms with Crippen molar-refractivity contribution < 1.29 is 14.3 Å². The maximum Gasteiger partial charge on any atom is 0.417 e. The van der Waals surface area contributed by atoms with E-state index in [0.29, 0.717) is 0 Å². The molecule has 0 N–H and O–H groups in total. The predicted octanol–water partition coefficient (Wildman–Crippen LogP) is 2.28. The van der Waals surface area contributed by atoms with Crippen LogP contribution in [0.15, 0.2) is 42.5 Å². The van der Waals surface area contributed by atoms with Crippen LogP contribution in [0.4, 0.5) is 4.79 Å². The number of carbonyl (C=O) groups is 2. The summed E-state index contributed by atoms with van der Waals surface area (Å²) in [6.45, 7) is 1.95. The molecular formula is C13H13NO3. The predicted molar refractivity (Wildman–Crippen MR) is 62.2 cm³/mol. The van der Waals surface area contributed by atoms with E-state index in [1.165, 1.54) is 6.08 Å². The van der Waals surface area contributed by atoms with Crippen molar-refractivity contribution in [1.82, 2.24) is 4.90 Å². The Morgan fingerprint density at radius 3 is 2.76 bits per heavy atom. The molecule has 1 heterocycles. The van der Waals surface area contributed by atoms with Crippen LogP contribution in [0, 0.1) is 0 Å². The molecule has 17 heavy (non-hydrogen) atoms. The van der Waals surface area contributed by atoms with Crippen molar-refractivity contribution in [3.63, 3.8) is 0 Å². The molecule has 1 aromatic carbocycles. The summed E-state index contributed by atoms with van der Waals surface area (Å²) in [4.78, 5) is 24.4. The van der Waals surface area contributed by atoms with Gasteiger partial charge in [-0.2, -0.15) is 0 Å². The number of amides is 2. The second kappa shape index (κ2) is 4.82. The number of hydrogen-bond donors (Lipinski definition) is 0. The Bertz CT molecular complexity index is 453. The monoisotopic (exact) mass is 231 g/mol. The first kappa shape index (κ1) is 11.4. The zero-order chi connectivity index (χ0) is 12.3. The summed E-state index contributed by atoms with van der Waals surface area (Å²) in [7, 11) is 0. The van der Waals surface area contributed by atoms with Crippen molar-refractivity contribution in [2.75, 3.05) is 6.61 Å². The molecule has 4 heteroatoms. The summed E-state index contributed by atoms with van der Waals surface area (Å²) in [5, 5.41) is 0. The number of carbonyl (C=O) groups excluding carboxylic acids is 2. The molecule has 1 unspecified atom stereocenters. The fourth-order valence-electron chi connectivity index (χ4n) is 1.81. The van der Waals surface area contributed by atoms with Gasteiger partial charge in [0.1, 0.15) is 12.6 Å². The minimum atomic E-state index is -0.582. The van der Waals surface area contributed by atoms with Crippen LogP contribution in [0.1, 0.15) is 18.5 Å². The summed E-state index contributed by atoms with van der Waals surface area (Å²) < 4.78 is 4.93. The van der Waals surface area contributed by atoms with Gasteiger partial charge in [-0.25, -0.2) is 9.69 Å². The fraction of sp³-hybridized carbons (Fsp3) is 0.231. The highest BCUT2D eigenvalue weighted by Crippen LogP contribution is 2.27. The van der Waals surface area contributed by atoms with Crippen molar-refractivity contribution in [2.45, 2.75) is 13.0 Å². The molecule has 0 saturated carbocycles. The molecule has 0 aromatic heterocycles. The topological polar surface area (TPSA) is 46.6 Å². The van der Waals surface area contributed by atoms with Gasteiger partial charge in [0.05, 0.1) is 0 Å². The number of allylic oxidation sites excluding steroid dienone is 1. The molecule has 4 nitrogen and oxygen atoms in total. The number of benzene rings is 1. The maximum absolute atomic E-state index is 11.8. The lowest BCUT2D eigenvalue weighted by atomic mass is 10.1. The van der Waals surface area contributed by atoms with Crippen molar-refractivity contribution in [2.24, 2.45) is 0 Å². The van der Waals surface area contributed by atoms with Crippen molar-refractivity contribution in [3.8, 4) is 0 Å². The molecule has 88 valence electrons. The second-order valence-corrected chi connectivity index (χ2v) is 3.71. The average Bonchev–Trinajstić information content (AvgIpc) is 2.73. The van der Waals surface area contributed by atoms with Crippen LogP contribution in [0.5, 0.6) is 0 Å². The molecule has 0 radical (unpaired) electrons. The van der Waals surface area contributed by atoms with Gasteiger partial charge in [0.2, 0.25) is 0 Å². The van der Waals surface area contributed by atoms with Crippen molar-refractivity contribution in [3.05, 3.63) is 48.0 Å². The second-order valence-electron chi connectivity index (χ2n) is 3.71. The minimum absolute atomic E-state index is 0.214. The highest BCUT2D eigenvalue weighted by molar-refractivity contribution is 5.99. The number of imide groups is 1. The largest absolute Gasteiger partial charge is 0.446 e. The summed E-state index contributed by atoms with van der Waals surface area (Å²) in [6.07, 6.45) is 2.39. The zero-order valence-corrected chi connectivity index (χ0v) is 9.50. The number of ether oxygens (including phenoxy) is 1. The van der Waals surface area contributed by atoms with E-state index in [4.69, 9.17) is 4.74 Å². The van der Waals surface area contributed by atoms with Crippen LogP contribution in [0.25, 0.3) is 0 Å². The van der Waals surface area contributed by atoms with Gasteiger partial charge in [-0.15, -0.1) is 0 Å². The SMILES string of the molecule is C/C=C\C(=O)N1C(=O)OCC1c1ccccc1. The lowest BCUT2D eigenvalue weighted by molar-refractivity contribution is -0.124. The van der Waals surface area contributed by atoms with Gasteiger partial charge in [-0.3, -0.25) is 4.79 Å². The summed E-state index contributed by atoms with van der Waals surface area (Å²) >= 11 is 0. The summed E-state index contributed by atoms with van der Waals surface area (Å²) in [5.41, 5.74) is 0.899. The first-order valence-corrected chi connectivity index (χ1v) is 5.41.